The molecule has 0 aliphatic heterocycles. The third kappa shape index (κ3) is 5.06. The van der Waals surface area contributed by atoms with E-state index in [0.717, 1.165) is 29.3 Å². The minimum absolute atomic E-state index is 0.0281. The molecule has 23 heavy (non-hydrogen) atoms. The van der Waals surface area contributed by atoms with Crippen LogP contribution in [0.3, 0.4) is 0 Å². The van der Waals surface area contributed by atoms with Gasteiger partial charge in [0.1, 0.15) is 5.03 Å². The van der Waals surface area contributed by atoms with Gasteiger partial charge in [0.05, 0.1) is 11.4 Å². The lowest BCUT2D eigenvalue weighted by atomic mass is 10.2. The van der Waals surface area contributed by atoms with E-state index in [4.69, 9.17) is 0 Å². The molecule has 0 radical (unpaired) electrons. The smallest absolute Gasteiger partial charge is 0.230 e. The Balaban J connectivity index is 1.90. The Hall–Kier alpha value is -1.89. The van der Waals surface area contributed by atoms with Crippen LogP contribution >= 0.6 is 11.8 Å². The topological polar surface area (TPSA) is 72.7 Å². The highest BCUT2D eigenvalue weighted by Crippen LogP contribution is 2.16. The molecule has 2 aromatic rings. The largest absolute Gasteiger partial charge is 0.353 e. The first-order valence-electron chi connectivity index (χ1n) is 7.79. The molecule has 0 aromatic carbocycles. The summed E-state index contributed by atoms with van der Waals surface area (Å²) in [5, 5.41) is 16.4. The molecule has 0 aliphatic rings. The Morgan fingerprint density at radius 1 is 1.35 bits per heavy atom. The van der Waals surface area contributed by atoms with E-state index in [2.05, 4.69) is 27.5 Å². The SMILES string of the molecule is CCCC(C)NC(=O)CSc1ccc(-n2nc(C)cc2C)nn1. The number of hydrogen-bond acceptors (Lipinski definition) is 5. The molecule has 0 bridgehead atoms. The van der Waals surface area contributed by atoms with Crippen LogP contribution in [0.4, 0.5) is 0 Å². The first-order valence-corrected chi connectivity index (χ1v) is 8.77. The number of aryl methyl sites for hydroxylation is 2. The second kappa shape index (κ2) is 8.10. The summed E-state index contributed by atoms with van der Waals surface area (Å²) in [5.41, 5.74) is 1.96. The summed E-state index contributed by atoms with van der Waals surface area (Å²) in [5.74, 6) is 1.06. The standard InChI is InChI=1S/C16H23N5OS/c1-5-6-11(2)17-15(22)10-23-16-8-7-14(18-19-16)21-13(4)9-12(3)20-21/h7-9,11H,5-6,10H2,1-4H3,(H,17,22). The third-order valence-corrected chi connectivity index (χ3v) is 4.25. The molecule has 1 unspecified atom stereocenters. The van der Waals surface area contributed by atoms with Crippen molar-refractivity contribution < 1.29 is 4.79 Å². The number of aromatic nitrogens is 4. The molecule has 0 saturated heterocycles. The Bertz CT molecular complexity index is 653. The quantitative estimate of drug-likeness (QED) is 0.789. The molecule has 124 valence electrons. The Labute approximate surface area is 141 Å². The van der Waals surface area contributed by atoms with Crippen molar-refractivity contribution in [2.75, 3.05) is 5.75 Å². The summed E-state index contributed by atoms with van der Waals surface area (Å²) in [6.07, 6.45) is 2.06. The zero-order valence-corrected chi connectivity index (χ0v) is 14.9. The minimum atomic E-state index is 0.0281. The fourth-order valence-corrected chi connectivity index (χ4v) is 2.95. The van der Waals surface area contributed by atoms with Gasteiger partial charge in [-0.3, -0.25) is 4.79 Å². The first-order chi connectivity index (χ1) is 11.0. The number of carbonyl (C=O) groups is 1. The lowest BCUT2D eigenvalue weighted by Gasteiger charge is -2.12. The highest BCUT2D eigenvalue weighted by molar-refractivity contribution is 7.99. The molecule has 1 N–H and O–H groups in total. The Morgan fingerprint density at radius 3 is 2.70 bits per heavy atom. The molecular weight excluding hydrogens is 310 g/mol. The van der Waals surface area contributed by atoms with Gasteiger partial charge in [-0.15, -0.1) is 10.2 Å². The van der Waals surface area contributed by atoms with E-state index in [1.54, 1.807) is 4.68 Å². The number of amides is 1. The fraction of sp³-hybridized carbons (Fsp3) is 0.500. The third-order valence-electron chi connectivity index (χ3n) is 3.33. The molecule has 7 heteroatoms. The maximum absolute atomic E-state index is 11.8. The maximum Gasteiger partial charge on any atom is 0.230 e. The van der Waals surface area contributed by atoms with Crippen LogP contribution in [-0.4, -0.2) is 37.7 Å². The highest BCUT2D eigenvalue weighted by atomic mass is 32.2. The van der Waals surface area contributed by atoms with E-state index in [0.29, 0.717) is 11.6 Å². The second-order valence-corrected chi connectivity index (χ2v) is 6.61. The summed E-state index contributed by atoms with van der Waals surface area (Å²) < 4.78 is 1.76. The van der Waals surface area contributed by atoms with Crippen LogP contribution in [0.5, 0.6) is 0 Å². The number of thioether (sulfide) groups is 1. The molecular formula is C16H23N5OS. The number of nitrogens with zero attached hydrogens (tertiary/aromatic N) is 4. The molecule has 2 rings (SSSR count). The second-order valence-electron chi connectivity index (χ2n) is 5.61. The number of carbonyl (C=O) groups excluding carboxylic acids is 1. The van der Waals surface area contributed by atoms with Gasteiger partial charge in [-0.05, 0) is 45.4 Å². The molecule has 6 nitrogen and oxygen atoms in total. The lowest BCUT2D eigenvalue weighted by Crippen LogP contribution is -2.33. The van der Waals surface area contributed by atoms with Crippen molar-refractivity contribution in [2.24, 2.45) is 0 Å². The summed E-state index contributed by atoms with van der Waals surface area (Å²) in [6, 6.07) is 5.94. The first kappa shape index (κ1) is 17.5. The molecule has 1 atom stereocenters. The van der Waals surface area contributed by atoms with Crippen molar-refractivity contribution in [3.8, 4) is 5.82 Å². The van der Waals surface area contributed by atoms with E-state index in [-0.39, 0.29) is 11.9 Å². The number of hydrogen-bond donors (Lipinski definition) is 1. The fourth-order valence-electron chi connectivity index (χ4n) is 2.32. The molecule has 1 amide bonds. The van der Waals surface area contributed by atoms with Gasteiger partial charge < -0.3 is 5.32 Å². The lowest BCUT2D eigenvalue weighted by molar-refractivity contribution is -0.119. The van der Waals surface area contributed by atoms with Gasteiger partial charge in [-0.2, -0.15) is 5.10 Å². The van der Waals surface area contributed by atoms with Crippen LogP contribution in [-0.2, 0) is 4.79 Å². The van der Waals surface area contributed by atoms with Gasteiger partial charge in [-0.25, -0.2) is 4.68 Å². The van der Waals surface area contributed by atoms with Crippen LogP contribution < -0.4 is 5.32 Å². The average molecular weight is 333 g/mol. The zero-order valence-electron chi connectivity index (χ0n) is 14.0. The van der Waals surface area contributed by atoms with E-state index < -0.39 is 0 Å². The molecule has 2 heterocycles. The van der Waals surface area contributed by atoms with Crippen LogP contribution in [0, 0.1) is 13.8 Å². The van der Waals surface area contributed by atoms with E-state index in [1.165, 1.54) is 11.8 Å². The van der Waals surface area contributed by atoms with Crippen LogP contribution in [0.2, 0.25) is 0 Å². The summed E-state index contributed by atoms with van der Waals surface area (Å²) >= 11 is 1.39. The minimum Gasteiger partial charge on any atom is -0.353 e. The van der Waals surface area contributed by atoms with Crippen molar-refractivity contribution in [3.05, 3.63) is 29.6 Å². The van der Waals surface area contributed by atoms with Gasteiger partial charge in [0.2, 0.25) is 5.91 Å². The van der Waals surface area contributed by atoms with Crippen molar-refractivity contribution in [1.82, 2.24) is 25.3 Å². The normalized spacial score (nSPS) is 12.2. The predicted octanol–water partition coefficient (Wildman–Crippen LogP) is 2.68. The van der Waals surface area contributed by atoms with Crippen molar-refractivity contribution in [1.29, 1.82) is 0 Å². The van der Waals surface area contributed by atoms with Gasteiger partial charge in [0.25, 0.3) is 0 Å². The zero-order chi connectivity index (χ0) is 16.8. The van der Waals surface area contributed by atoms with Crippen LogP contribution in [0.15, 0.2) is 23.2 Å². The van der Waals surface area contributed by atoms with Gasteiger partial charge in [0.15, 0.2) is 5.82 Å². The monoisotopic (exact) mass is 333 g/mol. The Kier molecular flexibility index (Phi) is 6.15. The molecule has 0 spiro atoms. The van der Waals surface area contributed by atoms with Crippen molar-refractivity contribution >= 4 is 17.7 Å². The van der Waals surface area contributed by atoms with Crippen LogP contribution in [0.25, 0.3) is 5.82 Å². The molecule has 0 aliphatic carbocycles. The predicted molar refractivity (Wildman–Crippen MR) is 91.9 cm³/mol. The molecule has 0 fully saturated rings. The summed E-state index contributed by atoms with van der Waals surface area (Å²) in [4.78, 5) is 11.8. The van der Waals surface area contributed by atoms with E-state index >= 15 is 0 Å². The van der Waals surface area contributed by atoms with E-state index in [1.807, 2.05) is 39.0 Å². The highest BCUT2D eigenvalue weighted by Gasteiger charge is 2.09. The van der Waals surface area contributed by atoms with Gasteiger partial charge in [0, 0.05) is 11.7 Å². The molecule has 2 aromatic heterocycles. The van der Waals surface area contributed by atoms with Crippen molar-refractivity contribution in [2.45, 2.75) is 51.6 Å². The Morgan fingerprint density at radius 2 is 2.13 bits per heavy atom. The van der Waals surface area contributed by atoms with Crippen molar-refractivity contribution in [3.63, 3.8) is 0 Å². The molecule has 0 saturated carbocycles. The van der Waals surface area contributed by atoms with Crippen LogP contribution in [0.1, 0.15) is 38.1 Å². The van der Waals surface area contributed by atoms with Gasteiger partial charge >= 0.3 is 0 Å². The van der Waals surface area contributed by atoms with E-state index in [9.17, 15) is 4.79 Å². The maximum atomic E-state index is 11.8. The average Bonchev–Trinajstić information content (AvgIpc) is 2.84. The number of rotatable bonds is 7. The summed E-state index contributed by atoms with van der Waals surface area (Å²) in [7, 11) is 0. The summed E-state index contributed by atoms with van der Waals surface area (Å²) in [6.45, 7) is 8.05. The van der Waals surface area contributed by atoms with Gasteiger partial charge in [-0.1, -0.05) is 25.1 Å². The number of nitrogens with one attached hydrogen (secondary N) is 1.